The lowest BCUT2D eigenvalue weighted by molar-refractivity contribution is 0.462. The van der Waals surface area contributed by atoms with E-state index < -0.39 is 0 Å². The molecule has 0 saturated heterocycles. The van der Waals surface area contributed by atoms with Crippen molar-refractivity contribution >= 4 is 0 Å². The molecule has 0 radical (unpaired) electrons. The molecule has 0 amide bonds. The summed E-state index contributed by atoms with van der Waals surface area (Å²) in [6, 6.07) is 9.20. The van der Waals surface area contributed by atoms with Crippen molar-refractivity contribution in [3.8, 4) is 0 Å². The zero-order chi connectivity index (χ0) is 13.5. The van der Waals surface area contributed by atoms with Crippen molar-refractivity contribution in [2.75, 3.05) is 13.1 Å². The molecule has 1 aromatic carbocycles. The van der Waals surface area contributed by atoms with Crippen LogP contribution in [0.25, 0.3) is 0 Å². The number of rotatable bonds is 7. The minimum Gasteiger partial charge on any atom is -0.316 e. The first-order valence-electron chi connectivity index (χ1n) is 7.36. The maximum absolute atomic E-state index is 3.55. The molecule has 0 heterocycles. The monoisotopic (exact) mass is 247 g/mol. The summed E-state index contributed by atoms with van der Waals surface area (Å²) in [6.07, 6.45) is 1.21. The molecular weight excluding hydrogens is 218 g/mol. The van der Waals surface area contributed by atoms with E-state index in [9.17, 15) is 0 Å². The van der Waals surface area contributed by atoms with Gasteiger partial charge in [0, 0.05) is 6.54 Å². The van der Waals surface area contributed by atoms with E-state index >= 15 is 0 Å². The lowest BCUT2D eigenvalue weighted by Gasteiger charge is -2.22. The van der Waals surface area contributed by atoms with Gasteiger partial charge >= 0.3 is 0 Å². The molecule has 1 rings (SSSR count). The van der Waals surface area contributed by atoms with E-state index in [-0.39, 0.29) is 0 Å². The van der Waals surface area contributed by atoms with Crippen LogP contribution in [0.15, 0.2) is 24.3 Å². The average molecular weight is 247 g/mol. The van der Waals surface area contributed by atoms with Gasteiger partial charge in [0.1, 0.15) is 0 Å². The molecule has 1 aromatic rings. The second kappa shape index (κ2) is 7.58. The van der Waals surface area contributed by atoms with E-state index in [2.05, 4.69) is 64.2 Å². The van der Waals surface area contributed by atoms with Gasteiger partial charge in [-0.2, -0.15) is 0 Å². The van der Waals surface area contributed by atoms with Gasteiger partial charge in [0.2, 0.25) is 0 Å². The van der Waals surface area contributed by atoms with E-state index in [1.54, 1.807) is 0 Å². The first-order chi connectivity index (χ1) is 8.56. The van der Waals surface area contributed by atoms with Gasteiger partial charge in [-0.05, 0) is 41.8 Å². The number of hydrogen-bond donors (Lipinski definition) is 1. The number of hydrogen-bond acceptors (Lipinski definition) is 1. The molecule has 102 valence electrons. The lowest BCUT2D eigenvalue weighted by Crippen LogP contribution is -2.25. The van der Waals surface area contributed by atoms with Gasteiger partial charge in [0.05, 0.1) is 0 Å². The Hall–Kier alpha value is -0.820. The van der Waals surface area contributed by atoms with Crippen LogP contribution in [-0.4, -0.2) is 13.1 Å². The van der Waals surface area contributed by atoms with Gasteiger partial charge in [0.25, 0.3) is 0 Å². The largest absolute Gasteiger partial charge is 0.316 e. The van der Waals surface area contributed by atoms with Crippen molar-refractivity contribution in [1.29, 1.82) is 0 Å². The molecule has 1 N–H and O–H groups in total. The maximum Gasteiger partial charge on any atom is 0.00226 e. The molecule has 18 heavy (non-hydrogen) atoms. The molecule has 0 bridgehead atoms. The summed E-state index contributed by atoms with van der Waals surface area (Å²) in [4.78, 5) is 0. The Morgan fingerprint density at radius 3 is 1.94 bits per heavy atom. The highest BCUT2D eigenvalue weighted by molar-refractivity contribution is 5.27. The Balaban J connectivity index is 2.72. The summed E-state index contributed by atoms with van der Waals surface area (Å²) >= 11 is 0. The molecule has 1 nitrogen and oxygen atoms in total. The van der Waals surface area contributed by atoms with Gasteiger partial charge in [-0.3, -0.25) is 0 Å². The van der Waals surface area contributed by atoms with Crippen molar-refractivity contribution in [2.45, 2.75) is 52.9 Å². The number of benzene rings is 1. The lowest BCUT2D eigenvalue weighted by atomic mass is 9.87. The van der Waals surface area contributed by atoms with E-state index in [0.717, 1.165) is 13.1 Å². The van der Waals surface area contributed by atoms with Gasteiger partial charge in [-0.25, -0.2) is 0 Å². The Bertz CT molecular complexity index is 324. The van der Waals surface area contributed by atoms with E-state index in [1.165, 1.54) is 17.5 Å². The minimum absolute atomic E-state index is 0.620. The van der Waals surface area contributed by atoms with Crippen LogP contribution in [0.1, 0.15) is 64.0 Å². The summed E-state index contributed by atoms with van der Waals surface area (Å²) in [5.74, 6) is 1.92. The van der Waals surface area contributed by atoms with Crippen LogP contribution < -0.4 is 5.32 Å². The van der Waals surface area contributed by atoms with Crippen molar-refractivity contribution in [2.24, 2.45) is 5.92 Å². The Morgan fingerprint density at radius 1 is 0.944 bits per heavy atom. The van der Waals surface area contributed by atoms with Crippen molar-refractivity contribution in [3.63, 3.8) is 0 Å². The molecular formula is C17H29N. The third-order valence-corrected chi connectivity index (χ3v) is 3.63. The minimum atomic E-state index is 0.620. The molecule has 0 fully saturated rings. The zero-order valence-electron chi connectivity index (χ0n) is 12.7. The fourth-order valence-electron chi connectivity index (χ4n) is 2.30. The van der Waals surface area contributed by atoms with Crippen LogP contribution in [0.5, 0.6) is 0 Å². The molecule has 1 heteroatoms. The predicted molar refractivity (Wildman–Crippen MR) is 81.3 cm³/mol. The molecule has 1 unspecified atom stereocenters. The van der Waals surface area contributed by atoms with Crippen LogP contribution in [0.2, 0.25) is 0 Å². The van der Waals surface area contributed by atoms with Crippen LogP contribution >= 0.6 is 0 Å². The number of nitrogens with one attached hydrogen (secondary N) is 1. The fourth-order valence-corrected chi connectivity index (χ4v) is 2.30. The molecule has 0 aliphatic carbocycles. The predicted octanol–water partition coefficient (Wildman–Crippen LogP) is 4.55. The van der Waals surface area contributed by atoms with E-state index in [0.29, 0.717) is 17.8 Å². The quantitative estimate of drug-likeness (QED) is 0.697. The zero-order valence-corrected chi connectivity index (χ0v) is 12.7. The van der Waals surface area contributed by atoms with Crippen molar-refractivity contribution in [3.05, 3.63) is 35.4 Å². The molecule has 0 spiro atoms. The first-order valence-corrected chi connectivity index (χ1v) is 7.36. The second-order valence-electron chi connectivity index (χ2n) is 5.88. The Labute approximate surface area is 113 Å². The maximum atomic E-state index is 3.55. The topological polar surface area (TPSA) is 12.0 Å². The van der Waals surface area contributed by atoms with Crippen LogP contribution in [-0.2, 0) is 0 Å². The third kappa shape index (κ3) is 4.45. The van der Waals surface area contributed by atoms with E-state index in [4.69, 9.17) is 0 Å². The summed E-state index contributed by atoms with van der Waals surface area (Å²) in [5, 5.41) is 3.55. The SMILES string of the molecule is CCCNCC(c1ccc(C(C)C)cc1)C(C)C. The normalized spacial score (nSPS) is 13.3. The average Bonchev–Trinajstić information content (AvgIpc) is 2.34. The summed E-state index contributed by atoms with van der Waals surface area (Å²) in [5.41, 5.74) is 2.90. The van der Waals surface area contributed by atoms with Crippen LogP contribution in [0.4, 0.5) is 0 Å². The van der Waals surface area contributed by atoms with Gasteiger partial charge in [-0.15, -0.1) is 0 Å². The highest BCUT2D eigenvalue weighted by Crippen LogP contribution is 2.25. The highest BCUT2D eigenvalue weighted by atomic mass is 14.9. The van der Waals surface area contributed by atoms with Crippen molar-refractivity contribution < 1.29 is 0 Å². The second-order valence-corrected chi connectivity index (χ2v) is 5.88. The smallest absolute Gasteiger partial charge is 0.00226 e. The Morgan fingerprint density at radius 2 is 1.50 bits per heavy atom. The fraction of sp³-hybridized carbons (Fsp3) is 0.647. The summed E-state index contributed by atoms with van der Waals surface area (Å²) in [6.45, 7) is 13.5. The molecule has 0 aliphatic heterocycles. The van der Waals surface area contributed by atoms with Gasteiger partial charge in [0.15, 0.2) is 0 Å². The molecule has 1 atom stereocenters. The van der Waals surface area contributed by atoms with E-state index in [1.807, 2.05) is 0 Å². The molecule has 0 aliphatic rings. The Kier molecular flexibility index (Phi) is 6.42. The first kappa shape index (κ1) is 15.2. The standard InChI is InChI=1S/C17H29N/c1-6-11-18-12-17(14(4)5)16-9-7-15(8-10-16)13(2)3/h7-10,13-14,17-18H,6,11-12H2,1-5H3. The molecule has 0 saturated carbocycles. The summed E-state index contributed by atoms with van der Waals surface area (Å²) in [7, 11) is 0. The van der Waals surface area contributed by atoms with Gasteiger partial charge < -0.3 is 5.32 Å². The van der Waals surface area contributed by atoms with Crippen LogP contribution in [0.3, 0.4) is 0 Å². The molecule has 0 aromatic heterocycles. The van der Waals surface area contributed by atoms with Gasteiger partial charge in [-0.1, -0.05) is 58.9 Å². The summed E-state index contributed by atoms with van der Waals surface area (Å²) < 4.78 is 0. The van der Waals surface area contributed by atoms with Crippen molar-refractivity contribution in [1.82, 2.24) is 5.32 Å². The highest BCUT2D eigenvalue weighted by Gasteiger charge is 2.15. The van der Waals surface area contributed by atoms with Crippen LogP contribution in [0, 0.1) is 5.92 Å². The third-order valence-electron chi connectivity index (χ3n) is 3.63.